The fourth-order valence-corrected chi connectivity index (χ4v) is 5.99. The van der Waals surface area contributed by atoms with Crippen molar-refractivity contribution in [1.29, 1.82) is 0 Å². The molecule has 0 saturated carbocycles. The highest BCUT2D eigenvalue weighted by molar-refractivity contribution is 5.81. The molecule has 2 aliphatic heterocycles. The highest BCUT2D eigenvalue weighted by atomic mass is 16.6. The molecule has 1 aliphatic carbocycles. The van der Waals surface area contributed by atoms with E-state index in [9.17, 15) is 5.11 Å². The number of anilines is 1. The Morgan fingerprint density at radius 1 is 1.00 bits per heavy atom. The lowest BCUT2D eigenvalue weighted by Gasteiger charge is -2.45. The maximum absolute atomic E-state index is 11.3. The number of rotatable bonds is 5. The Bertz CT molecular complexity index is 1070. The van der Waals surface area contributed by atoms with Crippen molar-refractivity contribution in [2.24, 2.45) is 0 Å². The number of hydrogen-bond donors (Lipinski definition) is 2. The first-order chi connectivity index (χ1) is 15.7. The van der Waals surface area contributed by atoms with Gasteiger partial charge >= 0.3 is 0 Å². The highest BCUT2D eigenvalue weighted by Gasteiger charge is 2.49. The number of nitrogens with one attached hydrogen (secondary N) is 1. The molecule has 1 unspecified atom stereocenters. The molecule has 2 aromatic rings. The Kier molecular flexibility index (Phi) is 5.43. The molecule has 0 amide bonds. The SMILES string of the molecule is COC1(O)CC(c2ccccc2)=CC=C1c1ccc(N(C)[C@@H]2C[C@]3(C)CC[C@](C)(C2)N3)nn1. The van der Waals surface area contributed by atoms with Crippen LogP contribution < -0.4 is 10.2 Å². The molecule has 2 fully saturated rings. The number of benzene rings is 1. The molecule has 1 aromatic carbocycles. The molecule has 174 valence electrons. The van der Waals surface area contributed by atoms with Gasteiger partial charge in [-0.1, -0.05) is 42.5 Å². The molecule has 6 nitrogen and oxygen atoms in total. The fourth-order valence-electron chi connectivity index (χ4n) is 5.99. The summed E-state index contributed by atoms with van der Waals surface area (Å²) in [5.74, 6) is -0.588. The Balaban J connectivity index is 1.38. The number of ether oxygens (including phenoxy) is 1. The molecule has 0 radical (unpaired) electrons. The van der Waals surface area contributed by atoms with Crippen molar-refractivity contribution < 1.29 is 9.84 Å². The van der Waals surface area contributed by atoms with Gasteiger partial charge in [-0.3, -0.25) is 0 Å². The Morgan fingerprint density at radius 3 is 2.30 bits per heavy atom. The smallest absolute Gasteiger partial charge is 0.198 e. The standard InChI is InChI=1S/C27H34N4O2/c1-25-14-15-26(2,30-25)18-21(17-25)31(3)24-13-12-23(28-29-24)22-11-10-20(16-27(22,32)33-4)19-8-6-5-7-9-19/h5-13,21,30,32H,14-18H2,1-4H3/t21-,25+,26-,27?. The van der Waals surface area contributed by atoms with Crippen LogP contribution in [0, 0.1) is 0 Å². The first-order valence-electron chi connectivity index (χ1n) is 11.8. The maximum atomic E-state index is 11.3. The van der Waals surface area contributed by atoms with E-state index in [-0.39, 0.29) is 11.1 Å². The molecule has 33 heavy (non-hydrogen) atoms. The zero-order valence-electron chi connectivity index (χ0n) is 20.0. The number of aromatic nitrogens is 2. The minimum atomic E-state index is -1.44. The second kappa shape index (κ2) is 8.05. The minimum Gasteiger partial charge on any atom is -0.361 e. The first-order valence-corrected chi connectivity index (χ1v) is 11.8. The largest absolute Gasteiger partial charge is 0.361 e. The van der Waals surface area contributed by atoms with Gasteiger partial charge in [0.1, 0.15) is 0 Å². The minimum absolute atomic E-state index is 0.198. The van der Waals surface area contributed by atoms with Crippen molar-refractivity contribution >= 4 is 17.0 Å². The van der Waals surface area contributed by atoms with Crippen molar-refractivity contribution in [2.45, 2.75) is 68.9 Å². The molecule has 6 heteroatoms. The molecule has 3 heterocycles. The summed E-state index contributed by atoms with van der Waals surface area (Å²) in [5, 5.41) is 24.2. The van der Waals surface area contributed by atoms with Crippen molar-refractivity contribution in [3.63, 3.8) is 0 Å². The Labute approximate surface area is 196 Å². The summed E-state index contributed by atoms with van der Waals surface area (Å²) >= 11 is 0. The average molecular weight is 447 g/mol. The van der Waals surface area contributed by atoms with Crippen LogP contribution in [-0.2, 0) is 4.74 Å². The third kappa shape index (κ3) is 4.12. The van der Waals surface area contributed by atoms with E-state index in [1.165, 1.54) is 20.0 Å². The predicted molar refractivity (Wildman–Crippen MR) is 132 cm³/mol. The third-order valence-corrected chi connectivity index (χ3v) is 7.82. The van der Waals surface area contributed by atoms with E-state index in [2.05, 4.69) is 41.3 Å². The van der Waals surface area contributed by atoms with Gasteiger partial charge in [0, 0.05) is 43.3 Å². The van der Waals surface area contributed by atoms with Crippen LogP contribution in [-0.4, -0.2) is 52.4 Å². The van der Waals surface area contributed by atoms with Gasteiger partial charge in [-0.2, -0.15) is 0 Å². The quantitative estimate of drug-likeness (QED) is 0.672. The molecule has 2 bridgehead atoms. The van der Waals surface area contributed by atoms with E-state index in [1.54, 1.807) is 0 Å². The van der Waals surface area contributed by atoms with Gasteiger partial charge in [-0.15, -0.1) is 10.2 Å². The fraction of sp³-hybridized carbons (Fsp3) is 0.481. The first kappa shape index (κ1) is 22.3. The van der Waals surface area contributed by atoms with Gasteiger partial charge in [-0.25, -0.2) is 0 Å². The second-order valence-corrected chi connectivity index (χ2v) is 10.5. The van der Waals surface area contributed by atoms with Gasteiger partial charge in [0.05, 0.1) is 5.69 Å². The van der Waals surface area contributed by atoms with Gasteiger partial charge in [0.15, 0.2) is 11.6 Å². The molecule has 2 N–H and O–H groups in total. The van der Waals surface area contributed by atoms with E-state index in [0.29, 0.717) is 23.7 Å². The van der Waals surface area contributed by atoms with E-state index in [0.717, 1.165) is 29.8 Å². The summed E-state index contributed by atoms with van der Waals surface area (Å²) in [4.78, 5) is 2.27. The lowest BCUT2D eigenvalue weighted by Crippen LogP contribution is -2.58. The van der Waals surface area contributed by atoms with Crippen LogP contribution in [0.5, 0.6) is 0 Å². The van der Waals surface area contributed by atoms with Crippen LogP contribution in [0.3, 0.4) is 0 Å². The van der Waals surface area contributed by atoms with Crippen molar-refractivity contribution in [2.75, 3.05) is 19.1 Å². The van der Waals surface area contributed by atoms with Gasteiger partial charge in [0.2, 0.25) is 0 Å². The maximum Gasteiger partial charge on any atom is 0.198 e. The van der Waals surface area contributed by atoms with Crippen LogP contribution in [0.15, 0.2) is 54.6 Å². The van der Waals surface area contributed by atoms with Crippen LogP contribution in [0.25, 0.3) is 11.1 Å². The summed E-state index contributed by atoms with van der Waals surface area (Å²) in [6, 6.07) is 14.4. The monoisotopic (exact) mass is 446 g/mol. The zero-order chi connectivity index (χ0) is 23.3. The van der Waals surface area contributed by atoms with Gasteiger partial charge in [0.25, 0.3) is 0 Å². The number of hydrogen-bond acceptors (Lipinski definition) is 6. The molecular formula is C27H34N4O2. The number of aliphatic hydroxyl groups is 1. The lowest BCUT2D eigenvalue weighted by molar-refractivity contribution is -0.132. The highest BCUT2D eigenvalue weighted by Crippen LogP contribution is 2.44. The third-order valence-electron chi connectivity index (χ3n) is 7.82. The number of piperidine rings is 1. The van der Waals surface area contributed by atoms with Crippen molar-refractivity contribution in [1.82, 2.24) is 15.5 Å². The molecule has 3 aliphatic rings. The van der Waals surface area contributed by atoms with Crippen molar-refractivity contribution in [3.05, 3.63) is 65.9 Å². The topological polar surface area (TPSA) is 70.5 Å². The second-order valence-electron chi connectivity index (χ2n) is 10.5. The molecule has 0 spiro atoms. The number of allylic oxidation sites excluding steroid dienone is 2. The summed E-state index contributed by atoms with van der Waals surface area (Å²) in [6.07, 6.45) is 8.94. The van der Waals surface area contributed by atoms with E-state index in [1.807, 2.05) is 54.6 Å². The van der Waals surface area contributed by atoms with Crippen LogP contribution in [0.2, 0.25) is 0 Å². The normalized spacial score (nSPS) is 33.4. The van der Waals surface area contributed by atoms with Gasteiger partial charge in [-0.05, 0) is 62.8 Å². The van der Waals surface area contributed by atoms with Gasteiger partial charge < -0.3 is 20.1 Å². The number of fused-ring (bicyclic) bond motifs is 2. The number of nitrogens with zero attached hydrogens (tertiary/aromatic N) is 3. The Morgan fingerprint density at radius 2 is 1.70 bits per heavy atom. The molecular weight excluding hydrogens is 412 g/mol. The summed E-state index contributed by atoms with van der Waals surface area (Å²) in [5.41, 5.74) is 3.75. The predicted octanol–water partition coefficient (Wildman–Crippen LogP) is 4.18. The summed E-state index contributed by atoms with van der Waals surface area (Å²) < 4.78 is 5.58. The van der Waals surface area contributed by atoms with Crippen LogP contribution in [0.1, 0.15) is 57.2 Å². The molecule has 2 saturated heterocycles. The van der Waals surface area contributed by atoms with Crippen LogP contribution >= 0.6 is 0 Å². The van der Waals surface area contributed by atoms with E-state index >= 15 is 0 Å². The zero-order valence-corrected chi connectivity index (χ0v) is 20.0. The Hall–Kier alpha value is -2.54. The summed E-state index contributed by atoms with van der Waals surface area (Å²) in [6.45, 7) is 4.68. The van der Waals surface area contributed by atoms with E-state index < -0.39 is 5.79 Å². The number of methoxy groups -OCH3 is 1. The van der Waals surface area contributed by atoms with E-state index in [4.69, 9.17) is 4.74 Å². The summed E-state index contributed by atoms with van der Waals surface area (Å²) in [7, 11) is 3.65. The molecule has 1 aromatic heterocycles. The average Bonchev–Trinajstić information content (AvgIpc) is 3.05. The lowest BCUT2D eigenvalue weighted by atomic mass is 9.84. The van der Waals surface area contributed by atoms with Crippen LogP contribution in [0.4, 0.5) is 5.82 Å². The molecule has 5 rings (SSSR count). The van der Waals surface area contributed by atoms with Crippen molar-refractivity contribution in [3.8, 4) is 0 Å². The molecule has 4 atom stereocenters.